The molecule has 5 heteroatoms. The van der Waals surface area contributed by atoms with Gasteiger partial charge in [0, 0.05) is 6.54 Å². The van der Waals surface area contributed by atoms with Crippen LogP contribution >= 0.6 is 0 Å². The van der Waals surface area contributed by atoms with Crippen LogP contribution < -0.4 is 5.32 Å². The summed E-state index contributed by atoms with van der Waals surface area (Å²) in [5.74, 6) is 1.02. The van der Waals surface area contributed by atoms with Gasteiger partial charge in [0.2, 0.25) is 0 Å². The molecular weight excluding hydrogens is 202 g/mol. The largest absolute Gasteiger partial charge is 0.389 e. The molecule has 0 aromatic carbocycles. The van der Waals surface area contributed by atoms with Crippen LogP contribution in [0.15, 0.2) is 0 Å². The molecule has 0 aromatic heterocycles. The molecule has 14 heavy (non-hydrogen) atoms. The normalized spacial score (nSPS) is 21.9. The summed E-state index contributed by atoms with van der Waals surface area (Å²) >= 11 is 0. The molecule has 4 nitrogen and oxygen atoms in total. The lowest BCUT2D eigenvalue weighted by atomic mass is 10.1. The van der Waals surface area contributed by atoms with Gasteiger partial charge in [0.1, 0.15) is 0 Å². The number of nitrogens with one attached hydrogen (secondary N) is 1. The molecule has 1 rings (SSSR count). The summed E-state index contributed by atoms with van der Waals surface area (Å²) in [5, 5.41) is 12.5. The van der Waals surface area contributed by atoms with Crippen LogP contribution in [0.2, 0.25) is 0 Å². The van der Waals surface area contributed by atoms with E-state index < -0.39 is 15.4 Å². The molecule has 0 saturated carbocycles. The lowest BCUT2D eigenvalue weighted by Gasteiger charge is -2.26. The van der Waals surface area contributed by atoms with E-state index in [1.165, 1.54) is 0 Å². The molecular formula is C9H19NO3S. The highest BCUT2D eigenvalue weighted by molar-refractivity contribution is 7.92. The topological polar surface area (TPSA) is 66.4 Å². The highest BCUT2D eigenvalue weighted by atomic mass is 32.2. The van der Waals surface area contributed by atoms with E-state index in [0.29, 0.717) is 24.0 Å². The molecule has 1 fully saturated rings. The first-order valence-corrected chi connectivity index (χ1v) is 6.74. The van der Waals surface area contributed by atoms with Crippen molar-refractivity contribution in [2.45, 2.75) is 25.9 Å². The molecule has 84 valence electrons. The molecule has 1 heterocycles. The third kappa shape index (κ3) is 4.39. The smallest absolute Gasteiger partial charge is 0.150 e. The monoisotopic (exact) mass is 221 g/mol. The maximum Gasteiger partial charge on any atom is 0.150 e. The molecule has 1 saturated heterocycles. The Bertz CT molecular complexity index is 267. The summed E-state index contributed by atoms with van der Waals surface area (Å²) in [4.78, 5) is 0. The predicted octanol–water partition coefficient (Wildman–Crippen LogP) is -0.218. The van der Waals surface area contributed by atoms with E-state index in [4.69, 9.17) is 0 Å². The van der Waals surface area contributed by atoms with Gasteiger partial charge in [-0.2, -0.15) is 0 Å². The summed E-state index contributed by atoms with van der Waals surface area (Å²) in [6.07, 6.45) is 0.884. The molecule has 0 atom stereocenters. The summed E-state index contributed by atoms with van der Waals surface area (Å²) < 4.78 is 21.7. The Kier molecular flexibility index (Phi) is 3.55. The van der Waals surface area contributed by atoms with Crippen molar-refractivity contribution in [2.75, 3.05) is 24.6 Å². The Hall–Kier alpha value is -0.130. The fourth-order valence-electron chi connectivity index (χ4n) is 1.54. The lowest BCUT2D eigenvalue weighted by Crippen LogP contribution is -2.40. The Morgan fingerprint density at radius 1 is 1.43 bits per heavy atom. The van der Waals surface area contributed by atoms with Crippen LogP contribution in [-0.4, -0.2) is 43.7 Å². The van der Waals surface area contributed by atoms with Crippen molar-refractivity contribution in [3.63, 3.8) is 0 Å². The van der Waals surface area contributed by atoms with Crippen LogP contribution in [-0.2, 0) is 9.84 Å². The number of rotatable bonds is 5. The van der Waals surface area contributed by atoms with Gasteiger partial charge in [-0.05, 0) is 32.7 Å². The maximum atomic E-state index is 10.8. The maximum absolute atomic E-state index is 10.8. The fourth-order valence-corrected chi connectivity index (χ4v) is 3.21. The van der Waals surface area contributed by atoms with Crippen LogP contribution in [0.25, 0.3) is 0 Å². The van der Waals surface area contributed by atoms with Gasteiger partial charge >= 0.3 is 0 Å². The fraction of sp³-hybridized carbons (Fsp3) is 1.00. The summed E-state index contributed by atoms with van der Waals surface area (Å²) in [6.45, 7) is 4.82. The van der Waals surface area contributed by atoms with Gasteiger partial charge in [0.05, 0.1) is 17.1 Å². The van der Waals surface area contributed by atoms with Gasteiger partial charge < -0.3 is 10.4 Å². The minimum atomic E-state index is -2.67. The summed E-state index contributed by atoms with van der Waals surface area (Å²) in [7, 11) is -2.67. The number of hydrogen-bond acceptors (Lipinski definition) is 4. The lowest BCUT2D eigenvalue weighted by molar-refractivity contribution is 0.0796. The Labute approximate surface area is 85.6 Å². The average molecular weight is 221 g/mol. The van der Waals surface area contributed by atoms with E-state index in [9.17, 15) is 13.5 Å². The molecule has 1 aliphatic heterocycles. The standard InChI is InChI=1S/C9H19NO3S/c1-9(2,11)7-10-4-3-8-5-14(12,13)6-8/h8,10-11H,3-7H2,1-2H3. The number of aliphatic hydroxyl groups is 1. The van der Waals surface area contributed by atoms with Crippen molar-refractivity contribution >= 4 is 9.84 Å². The molecule has 0 amide bonds. The van der Waals surface area contributed by atoms with Crippen molar-refractivity contribution in [3.05, 3.63) is 0 Å². The predicted molar refractivity (Wildman–Crippen MR) is 55.9 cm³/mol. The second-order valence-corrected chi connectivity index (χ2v) is 6.87. The molecule has 0 bridgehead atoms. The van der Waals surface area contributed by atoms with Crippen LogP contribution in [0, 0.1) is 5.92 Å². The zero-order valence-electron chi connectivity index (χ0n) is 8.78. The van der Waals surface area contributed by atoms with Gasteiger partial charge in [-0.25, -0.2) is 8.42 Å². The highest BCUT2D eigenvalue weighted by Crippen LogP contribution is 2.20. The van der Waals surface area contributed by atoms with Crippen molar-refractivity contribution in [3.8, 4) is 0 Å². The molecule has 2 N–H and O–H groups in total. The van der Waals surface area contributed by atoms with Crippen LogP contribution in [0.3, 0.4) is 0 Å². The first kappa shape index (κ1) is 11.9. The molecule has 0 radical (unpaired) electrons. The van der Waals surface area contributed by atoms with Crippen molar-refractivity contribution < 1.29 is 13.5 Å². The summed E-state index contributed by atoms with van der Waals surface area (Å²) in [6, 6.07) is 0. The van der Waals surface area contributed by atoms with Crippen LogP contribution in [0.1, 0.15) is 20.3 Å². The first-order chi connectivity index (χ1) is 6.29. The Morgan fingerprint density at radius 3 is 2.43 bits per heavy atom. The van der Waals surface area contributed by atoms with Gasteiger partial charge in [0.15, 0.2) is 9.84 Å². The molecule has 0 aliphatic carbocycles. The van der Waals surface area contributed by atoms with E-state index in [2.05, 4.69) is 5.32 Å². The van der Waals surface area contributed by atoms with E-state index in [0.717, 1.165) is 13.0 Å². The molecule has 1 aliphatic rings. The number of hydrogen-bond donors (Lipinski definition) is 2. The average Bonchev–Trinajstić information content (AvgIpc) is 1.92. The SMILES string of the molecule is CC(C)(O)CNCCC1CS(=O)(=O)C1. The van der Waals surface area contributed by atoms with E-state index in [-0.39, 0.29) is 0 Å². The van der Waals surface area contributed by atoms with Crippen molar-refractivity contribution in [2.24, 2.45) is 5.92 Å². The van der Waals surface area contributed by atoms with Gasteiger partial charge in [-0.15, -0.1) is 0 Å². The van der Waals surface area contributed by atoms with E-state index >= 15 is 0 Å². The van der Waals surface area contributed by atoms with Gasteiger partial charge in [0.25, 0.3) is 0 Å². The highest BCUT2D eigenvalue weighted by Gasteiger charge is 2.32. The van der Waals surface area contributed by atoms with Crippen molar-refractivity contribution in [1.82, 2.24) is 5.32 Å². The Morgan fingerprint density at radius 2 is 2.00 bits per heavy atom. The van der Waals surface area contributed by atoms with E-state index in [1.54, 1.807) is 13.8 Å². The Balaban J connectivity index is 2.02. The van der Waals surface area contributed by atoms with E-state index in [1.807, 2.05) is 0 Å². The molecule has 0 unspecified atom stereocenters. The quantitative estimate of drug-likeness (QED) is 0.630. The van der Waals surface area contributed by atoms with Gasteiger partial charge in [-0.1, -0.05) is 0 Å². The van der Waals surface area contributed by atoms with Gasteiger partial charge in [-0.3, -0.25) is 0 Å². The van der Waals surface area contributed by atoms with Crippen LogP contribution in [0.4, 0.5) is 0 Å². The second-order valence-electron chi connectivity index (χ2n) is 4.72. The van der Waals surface area contributed by atoms with Crippen LogP contribution in [0.5, 0.6) is 0 Å². The zero-order chi connectivity index (χ0) is 10.8. The zero-order valence-corrected chi connectivity index (χ0v) is 9.60. The third-order valence-corrected chi connectivity index (χ3v) is 4.22. The third-order valence-electron chi connectivity index (χ3n) is 2.27. The minimum Gasteiger partial charge on any atom is -0.389 e. The second kappa shape index (κ2) is 4.16. The minimum absolute atomic E-state index is 0.328. The molecule has 0 aromatic rings. The summed E-state index contributed by atoms with van der Waals surface area (Å²) in [5.41, 5.74) is -0.689. The molecule has 0 spiro atoms. The number of sulfone groups is 1. The van der Waals surface area contributed by atoms with Crippen molar-refractivity contribution in [1.29, 1.82) is 0 Å². The first-order valence-electron chi connectivity index (χ1n) is 4.92.